The maximum atomic E-state index is 13.3. The maximum absolute atomic E-state index is 13.3. The molecular formula is C29H41N3O5. The molecule has 37 heavy (non-hydrogen) atoms. The molecule has 2 heterocycles. The highest BCUT2D eigenvalue weighted by atomic mass is 16.5. The average molecular weight is 512 g/mol. The van der Waals surface area contributed by atoms with Crippen molar-refractivity contribution in [1.29, 1.82) is 0 Å². The Morgan fingerprint density at radius 2 is 1.78 bits per heavy atom. The summed E-state index contributed by atoms with van der Waals surface area (Å²) in [5.74, 6) is 1.21. The molecule has 0 aliphatic carbocycles. The molecule has 0 radical (unpaired) electrons. The summed E-state index contributed by atoms with van der Waals surface area (Å²) in [5, 5.41) is 22.5. The van der Waals surface area contributed by atoms with Crippen LogP contribution in [-0.2, 0) is 10.3 Å². The van der Waals surface area contributed by atoms with Gasteiger partial charge in [-0.05, 0) is 56.7 Å². The standard InChI is InChI=1S/C29H41N3O5/c1-21-10-3-5-13-26(21)37-27-14-6-4-12-23(27)29(35,15-7-8-17-36-2)22-11-9-16-31(18-22)28(34)32-19-24(30)25(33)20-32/h3-6,10,12-14,22,24-25,33,35H,7-9,11,15-20,30H2,1-2H3/t22-,24-,25-,29-/m1/s1. The minimum atomic E-state index is -1.19. The van der Waals surface area contributed by atoms with Gasteiger partial charge in [0.15, 0.2) is 0 Å². The molecule has 2 aliphatic heterocycles. The van der Waals surface area contributed by atoms with Crippen LogP contribution in [0.1, 0.15) is 43.2 Å². The number of carbonyl (C=O) groups excluding carboxylic acids is 1. The third kappa shape index (κ3) is 6.26. The van der Waals surface area contributed by atoms with Gasteiger partial charge in [-0.15, -0.1) is 0 Å². The van der Waals surface area contributed by atoms with Gasteiger partial charge >= 0.3 is 6.03 Å². The monoisotopic (exact) mass is 511 g/mol. The van der Waals surface area contributed by atoms with E-state index in [9.17, 15) is 15.0 Å². The number of β-amino-alcohol motifs (C(OH)–C–C–N with tert-alkyl or cyclic N) is 1. The first-order valence-corrected chi connectivity index (χ1v) is 13.3. The molecule has 2 amide bonds. The number of likely N-dealkylation sites (tertiary alicyclic amines) is 2. The Bertz CT molecular complexity index is 1040. The van der Waals surface area contributed by atoms with Crippen LogP contribution in [-0.4, -0.2) is 78.1 Å². The lowest BCUT2D eigenvalue weighted by molar-refractivity contribution is -0.0587. The lowest BCUT2D eigenvalue weighted by Crippen LogP contribution is -2.51. The van der Waals surface area contributed by atoms with Gasteiger partial charge in [-0.3, -0.25) is 0 Å². The van der Waals surface area contributed by atoms with Crippen LogP contribution < -0.4 is 10.5 Å². The van der Waals surface area contributed by atoms with Crippen molar-refractivity contribution in [1.82, 2.24) is 9.80 Å². The first kappa shape index (κ1) is 27.4. The normalized spacial score (nSPS) is 23.6. The second-order valence-electron chi connectivity index (χ2n) is 10.4. The molecule has 2 fully saturated rings. The molecule has 4 N–H and O–H groups in total. The molecule has 0 saturated carbocycles. The van der Waals surface area contributed by atoms with E-state index in [-0.39, 0.29) is 18.5 Å². The van der Waals surface area contributed by atoms with Crippen molar-refractivity contribution < 1.29 is 24.5 Å². The van der Waals surface area contributed by atoms with Crippen LogP contribution in [0.4, 0.5) is 4.79 Å². The van der Waals surface area contributed by atoms with Gasteiger partial charge in [0.1, 0.15) is 11.5 Å². The zero-order valence-corrected chi connectivity index (χ0v) is 22.0. The fourth-order valence-corrected chi connectivity index (χ4v) is 5.61. The molecule has 0 bridgehead atoms. The predicted octanol–water partition coefficient (Wildman–Crippen LogP) is 3.63. The third-order valence-corrected chi connectivity index (χ3v) is 7.79. The summed E-state index contributed by atoms with van der Waals surface area (Å²) in [6.45, 7) is 4.27. The number of ether oxygens (including phenoxy) is 2. The number of carbonyl (C=O) groups is 1. The Kier molecular flexibility index (Phi) is 9.08. The number of amides is 2. The summed E-state index contributed by atoms with van der Waals surface area (Å²) in [6.07, 6.45) is 3.03. The second-order valence-corrected chi connectivity index (χ2v) is 10.4. The molecule has 8 heteroatoms. The summed E-state index contributed by atoms with van der Waals surface area (Å²) in [6, 6.07) is 15.0. The molecule has 2 aromatic rings. The minimum absolute atomic E-state index is 0.122. The Morgan fingerprint density at radius 3 is 2.49 bits per heavy atom. The number of methoxy groups -OCH3 is 1. The van der Waals surface area contributed by atoms with Gasteiger partial charge in [0.25, 0.3) is 0 Å². The summed E-state index contributed by atoms with van der Waals surface area (Å²) < 4.78 is 11.6. The quantitative estimate of drug-likeness (QED) is 0.444. The number of piperidine rings is 1. The Hall–Kier alpha value is -2.65. The van der Waals surface area contributed by atoms with E-state index in [2.05, 4.69) is 0 Å². The number of nitrogens with zero attached hydrogens (tertiary/aromatic N) is 2. The molecule has 8 nitrogen and oxygen atoms in total. The number of urea groups is 1. The van der Waals surface area contributed by atoms with Crippen molar-refractivity contribution in [2.24, 2.45) is 11.7 Å². The Morgan fingerprint density at radius 1 is 1.05 bits per heavy atom. The highest BCUT2D eigenvalue weighted by Crippen LogP contribution is 2.44. The van der Waals surface area contributed by atoms with E-state index < -0.39 is 17.7 Å². The molecule has 0 spiro atoms. The fourth-order valence-electron chi connectivity index (χ4n) is 5.61. The maximum Gasteiger partial charge on any atom is 0.320 e. The van der Waals surface area contributed by atoms with E-state index >= 15 is 0 Å². The van der Waals surface area contributed by atoms with Gasteiger partial charge in [-0.1, -0.05) is 36.4 Å². The SMILES string of the molecule is COCCCC[C@](O)(c1ccccc1Oc1ccccc1C)[C@@H]1CCCN(C(=O)N2C[C@@H](N)[C@H](O)C2)C1. The summed E-state index contributed by atoms with van der Waals surface area (Å²) in [7, 11) is 1.68. The van der Waals surface area contributed by atoms with Gasteiger partial charge in [0.05, 0.1) is 11.7 Å². The molecule has 2 aromatic carbocycles. The van der Waals surface area contributed by atoms with E-state index in [0.717, 1.165) is 42.6 Å². The van der Waals surface area contributed by atoms with Crippen LogP contribution in [0.2, 0.25) is 0 Å². The van der Waals surface area contributed by atoms with Gasteiger partial charge in [0, 0.05) is 57.4 Å². The number of aryl methyl sites for hydroxylation is 1. The average Bonchev–Trinajstić information content (AvgIpc) is 3.25. The predicted molar refractivity (Wildman–Crippen MR) is 143 cm³/mol. The second kappa shape index (κ2) is 12.3. The van der Waals surface area contributed by atoms with Crippen molar-refractivity contribution in [2.45, 2.75) is 56.8 Å². The van der Waals surface area contributed by atoms with Crippen LogP contribution in [0, 0.1) is 12.8 Å². The van der Waals surface area contributed by atoms with Crippen LogP contribution in [0.3, 0.4) is 0 Å². The van der Waals surface area contributed by atoms with Crippen LogP contribution in [0.5, 0.6) is 11.5 Å². The van der Waals surface area contributed by atoms with Crippen molar-refractivity contribution in [3.8, 4) is 11.5 Å². The van der Waals surface area contributed by atoms with E-state index in [1.807, 2.05) is 60.4 Å². The molecule has 0 unspecified atom stereocenters. The molecule has 2 saturated heterocycles. The van der Waals surface area contributed by atoms with E-state index in [0.29, 0.717) is 38.4 Å². The first-order chi connectivity index (χ1) is 17.8. The van der Waals surface area contributed by atoms with Gasteiger partial charge in [-0.2, -0.15) is 0 Å². The van der Waals surface area contributed by atoms with Gasteiger partial charge in [0.2, 0.25) is 0 Å². The van der Waals surface area contributed by atoms with Crippen molar-refractivity contribution >= 4 is 6.03 Å². The molecule has 4 rings (SSSR count). The van der Waals surface area contributed by atoms with E-state index in [4.69, 9.17) is 15.2 Å². The first-order valence-electron chi connectivity index (χ1n) is 13.3. The van der Waals surface area contributed by atoms with Crippen LogP contribution in [0.15, 0.2) is 48.5 Å². The van der Waals surface area contributed by atoms with E-state index in [1.54, 1.807) is 12.0 Å². The molecule has 202 valence electrons. The number of rotatable bonds is 9. The molecule has 4 atom stereocenters. The summed E-state index contributed by atoms with van der Waals surface area (Å²) >= 11 is 0. The fraction of sp³-hybridized carbons (Fsp3) is 0.552. The number of para-hydroxylation sites is 2. The molecular weight excluding hydrogens is 470 g/mol. The highest BCUT2D eigenvalue weighted by molar-refractivity contribution is 5.75. The number of nitrogens with two attached hydrogens (primary N) is 1. The minimum Gasteiger partial charge on any atom is -0.457 e. The largest absolute Gasteiger partial charge is 0.457 e. The molecule has 2 aliphatic rings. The van der Waals surface area contributed by atoms with Gasteiger partial charge < -0.3 is 35.2 Å². The van der Waals surface area contributed by atoms with Gasteiger partial charge in [-0.25, -0.2) is 4.79 Å². The Balaban J connectivity index is 1.61. The van der Waals surface area contributed by atoms with Crippen LogP contribution >= 0.6 is 0 Å². The third-order valence-electron chi connectivity index (χ3n) is 7.79. The smallest absolute Gasteiger partial charge is 0.320 e. The number of aliphatic hydroxyl groups is 2. The van der Waals surface area contributed by atoms with Crippen molar-refractivity contribution in [3.05, 3.63) is 59.7 Å². The number of hydrogen-bond acceptors (Lipinski definition) is 6. The van der Waals surface area contributed by atoms with Crippen LogP contribution in [0.25, 0.3) is 0 Å². The number of hydrogen-bond donors (Lipinski definition) is 3. The topological polar surface area (TPSA) is 108 Å². The van der Waals surface area contributed by atoms with Crippen molar-refractivity contribution in [2.75, 3.05) is 39.9 Å². The lowest BCUT2D eigenvalue weighted by Gasteiger charge is -2.44. The molecule has 0 aromatic heterocycles. The van der Waals surface area contributed by atoms with Crippen molar-refractivity contribution in [3.63, 3.8) is 0 Å². The van der Waals surface area contributed by atoms with E-state index in [1.165, 1.54) is 0 Å². The lowest BCUT2D eigenvalue weighted by atomic mass is 9.73. The number of aliphatic hydroxyl groups excluding tert-OH is 1. The zero-order valence-electron chi connectivity index (χ0n) is 22.0. The number of unbranched alkanes of at least 4 members (excludes halogenated alkanes) is 1. The Labute approximate surface area is 220 Å². The summed E-state index contributed by atoms with van der Waals surface area (Å²) in [5.41, 5.74) is 6.52. The number of benzene rings is 2. The highest BCUT2D eigenvalue weighted by Gasteiger charge is 2.44. The summed E-state index contributed by atoms with van der Waals surface area (Å²) in [4.78, 5) is 16.7. The zero-order chi connectivity index (χ0) is 26.4.